The predicted octanol–water partition coefficient (Wildman–Crippen LogP) is 4.55. The number of nitrogens with zero attached hydrogens (tertiary/aromatic N) is 3. The molecule has 5 rings (SSSR count). The van der Waals surface area contributed by atoms with Gasteiger partial charge in [-0.3, -0.25) is 0 Å². The van der Waals surface area contributed by atoms with E-state index in [2.05, 4.69) is 4.98 Å². The lowest BCUT2D eigenvalue weighted by atomic mass is 10.1. The van der Waals surface area contributed by atoms with Crippen LogP contribution in [0.5, 0.6) is 0 Å². The SMILES string of the molecule is Cc1ccc(S(=O)(=O)c2c(N)n(CCc3ccccc3)c3nc4ccccc4nc23)cc1. The summed E-state index contributed by atoms with van der Waals surface area (Å²) in [5.74, 6) is 0.159. The first-order chi connectivity index (χ1) is 15.4. The first-order valence-electron chi connectivity index (χ1n) is 10.4. The van der Waals surface area contributed by atoms with Gasteiger partial charge in [-0.15, -0.1) is 0 Å². The zero-order valence-corrected chi connectivity index (χ0v) is 18.4. The Balaban J connectivity index is 1.74. The summed E-state index contributed by atoms with van der Waals surface area (Å²) >= 11 is 0. The normalized spacial score (nSPS) is 11.9. The molecule has 0 bridgehead atoms. The summed E-state index contributed by atoms with van der Waals surface area (Å²) in [6.45, 7) is 2.40. The summed E-state index contributed by atoms with van der Waals surface area (Å²) in [5.41, 5.74) is 10.7. The summed E-state index contributed by atoms with van der Waals surface area (Å²) in [6, 6.07) is 24.2. The van der Waals surface area contributed by atoms with E-state index >= 15 is 0 Å². The van der Waals surface area contributed by atoms with Crippen molar-refractivity contribution in [1.29, 1.82) is 0 Å². The van der Waals surface area contributed by atoms with Crippen molar-refractivity contribution >= 4 is 37.9 Å². The highest BCUT2D eigenvalue weighted by atomic mass is 32.2. The molecule has 7 heteroatoms. The first-order valence-corrected chi connectivity index (χ1v) is 11.8. The third-order valence-corrected chi connectivity index (χ3v) is 7.45. The number of para-hydroxylation sites is 2. The largest absolute Gasteiger partial charge is 0.384 e. The molecule has 0 aliphatic rings. The molecule has 2 aromatic heterocycles. The Hall–Kier alpha value is -3.71. The Bertz CT molecular complexity index is 1540. The van der Waals surface area contributed by atoms with Crippen molar-refractivity contribution in [1.82, 2.24) is 14.5 Å². The highest BCUT2D eigenvalue weighted by molar-refractivity contribution is 7.92. The van der Waals surface area contributed by atoms with Crippen LogP contribution in [0.15, 0.2) is 88.7 Å². The van der Waals surface area contributed by atoms with E-state index in [1.165, 1.54) is 0 Å². The van der Waals surface area contributed by atoms with Crippen LogP contribution >= 0.6 is 0 Å². The molecule has 0 aliphatic carbocycles. The van der Waals surface area contributed by atoms with Gasteiger partial charge in [-0.2, -0.15) is 0 Å². The van der Waals surface area contributed by atoms with E-state index in [9.17, 15) is 8.42 Å². The Kier molecular flexibility index (Phi) is 4.90. The predicted molar refractivity (Wildman–Crippen MR) is 126 cm³/mol. The highest BCUT2D eigenvalue weighted by Gasteiger charge is 2.30. The molecular formula is C25H22N4O2S. The number of anilines is 1. The second-order valence-corrected chi connectivity index (χ2v) is 9.69. The zero-order chi connectivity index (χ0) is 22.3. The van der Waals surface area contributed by atoms with E-state index in [0.717, 1.165) is 11.1 Å². The van der Waals surface area contributed by atoms with Crippen LogP contribution in [0.3, 0.4) is 0 Å². The van der Waals surface area contributed by atoms with Crippen molar-refractivity contribution in [2.45, 2.75) is 29.7 Å². The minimum Gasteiger partial charge on any atom is -0.384 e. The van der Waals surface area contributed by atoms with Gasteiger partial charge in [0, 0.05) is 6.54 Å². The molecule has 0 unspecified atom stereocenters. The van der Waals surface area contributed by atoms with E-state index in [0.29, 0.717) is 35.2 Å². The summed E-state index contributed by atoms with van der Waals surface area (Å²) in [4.78, 5) is 9.63. The summed E-state index contributed by atoms with van der Waals surface area (Å²) < 4.78 is 29.1. The van der Waals surface area contributed by atoms with Crippen LogP contribution in [-0.4, -0.2) is 23.0 Å². The van der Waals surface area contributed by atoms with Crippen molar-refractivity contribution < 1.29 is 8.42 Å². The van der Waals surface area contributed by atoms with E-state index in [1.807, 2.05) is 61.5 Å². The minimum atomic E-state index is -3.89. The minimum absolute atomic E-state index is 0.0164. The molecule has 32 heavy (non-hydrogen) atoms. The van der Waals surface area contributed by atoms with Crippen LogP contribution in [0.2, 0.25) is 0 Å². The second-order valence-electron chi connectivity index (χ2n) is 7.80. The standard InChI is InChI=1S/C25H22N4O2S/c1-17-11-13-19(14-12-17)32(30,31)23-22-25(28-21-10-6-5-9-20(21)27-22)29(24(23)26)16-15-18-7-3-2-4-8-18/h2-14H,15-16,26H2,1H3. The molecule has 0 atom stereocenters. The Labute approximate surface area is 186 Å². The van der Waals surface area contributed by atoms with Crippen molar-refractivity contribution in [2.75, 3.05) is 5.73 Å². The van der Waals surface area contributed by atoms with Gasteiger partial charge < -0.3 is 10.3 Å². The number of fused-ring (bicyclic) bond motifs is 2. The van der Waals surface area contributed by atoms with Gasteiger partial charge in [0.2, 0.25) is 9.84 Å². The Morgan fingerprint density at radius 1 is 0.844 bits per heavy atom. The third kappa shape index (κ3) is 3.40. The fourth-order valence-corrected chi connectivity index (χ4v) is 5.41. The summed E-state index contributed by atoms with van der Waals surface area (Å²) in [6.07, 6.45) is 0.688. The molecule has 0 spiro atoms. The zero-order valence-electron chi connectivity index (χ0n) is 17.6. The van der Waals surface area contributed by atoms with E-state index < -0.39 is 9.84 Å². The Morgan fingerprint density at radius 2 is 1.47 bits per heavy atom. The maximum Gasteiger partial charge on any atom is 0.212 e. The average molecular weight is 443 g/mol. The third-order valence-electron chi connectivity index (χ3n) is 5.61. The molecule has 5 aromatic rings. The fraction of sp³-hybridized carbons (Fsp3) is 0.120. The number of hydrogen-bond acceptors (Lipinski definition) is 5. The van der Waals surface area contributed by atoms with E-state index in [1.54, 1.807) is 28.8 Å². The van der Waals surface area contributed by atoms with Gasteiger partial charge in [0.1, 0.15) is 16.2 Å². The highest BCUT2D eigenvalue weighted by Crippen LogP contribution is 2.35. The van der Waals surface area contributed by atoms with Crippen molar-refractivity contribution in [3.63, 3.8) is 0 Å². The molecule has 0 aliphatic heterocycles. The van der Waals surface area contributed by atoms with Gasteiger partial charge in [-0.1, -0.05) is 60.2 Å². The monoisotopic (exact) mass is 442 g/mol. The number of nitrogens with two attached hydrogens (primary N) is 1. The number of aryl methyl sites for hydroxylation is 3. The number of sulfone groups is 1. The van der Waals surface area contributed by atoms with Crippen molar-refractivity contribution in [2.24, 2.45) is 0 Å². The van der Waals surface area contributed by atoms with Gasteiger partial charge in [-0.25, -0.2) is 18.4 Å². The van der Waals surface area contributed by atoms with Crippen LogP contribution in [0.25, 0.3) is 22.2 Å². The molecule has 2 N–H and O–H groups in total. The number of rotatable bonds is 5. The van der Waals surface area contributed by atoms with Gasteiger partial charge >= 0.3 is 0 Å². The number of benzene rings is 3. The summed E-state index contributed by atoms with van der Waals surface area (Å²) in [5, 5.41) is 0. The quantitative estimate of drug-likeness (QED) is 0.431. The lowest BCUT2D eigenvalue weighted by Gasteiger charge is -2.08. The van der Waals surface area contributed by atoms with Gasteiger partial charge in [0.05, 0.1) is 15.9 Å². The number of aromatic nitrogens is 3. The van der Waals surface area contributed by atoms with Gasteiger partial charge in [0.25, 0.3) is 0 Å². The van der Waals surface area contributed by atoms with E-state index in [-0.39, 0.29) is 15.6 Å². The molecule has 0 radical (unpaired) electrons. The van der Waals surface area contributed by atoms with Crippen LogP contribution in [0.1, 0.15) is 11.1 Å². The average Bonchev–Trinajstić information content (AvgIpc) is 3.07. The number of hydrogen-bond donors (Lipinski definition) is 1. The molecular weight excluding hydrogens is 420 g/mol. The summed E-state index contributed by atoms with van der Waals surface area (Å²) in [7, 11) is -3.89. The molecule has 0 saturated carbocycles. The topological polar surface area (TPSA) is 90.9 Å². The van der Waals surface area contributed by atoms with Gasteiger partial charge in [-0.05, 0) is 43.2 Å². The van der Waals surface area contributed by atoms with Crippen LogP contribution < -0.4 is 5.73 Å². The molecule has 6 nitrogen and oxygen atoms in total. The molecule has 0 amide bonds. The lowest BCUT2D eigenvalue weighted by Crippen LogP contribution is -2.09. The van der Waals surface area contributed by atoms with Crippen molar-refractivity contribution in [3.8, 4) is 0 Å². The smallest absolute Gasteiger partial charge is 0.212 e. The molecule has 2 heterocycles. The van der Waals surface area contributed by atoms with E-state index in [4.69, 9.17) is 10.7 Å². The molecule has 0 saturated heterocycles. The number of nitrogen functional groups attached to an aromatic ring is 1. The van der Waals surface area contributed by atoms with Crippen LogP contribution in [0, 0.1) is 6.92 Å². The molecule has 160 valence electrons. The fourth-order valence-electron chi connectivity index (χ4n) is 3.90. The lowest BCUT2D eigenvalue weighted by molar-refractivity contribution is 0.596. The van der Waals surface area contributed by atoms with Gasteiger partial charge in [0.15, 0.2) is 5.65 Å². The van der Waals surface area contributed by atoms with Crippen LogP contribution in [-0.2, 0) is 22.8 Å². The molecule has 0 fully saturated rings. The maximum atomic E-state index is 13.6. The van der Waals surface area contributed by atoms with Crippen LogP contribution in [0.4, 0.5) is 5.82 Å². The second kappa shape index (κ2) is 7.76. The first kappa shape index (κ1) is 20.2. The van der Waals surface area contributed by atoms with Crippen molar-refractivity contribution in [3.05, 3.63) is 90.0 Å². The molecule has 3 aromatic carbocycles. The maximum absolute atomic E-state index is 13.6. The Morgan fingerprint density at radius 3 is 2.16 bits per heavy atom.